The third-order valence-electron chi connectivity index (χ3n) is 3.47. The molecule has 106 valence electrons. The summed E-state index contributed by atoms with van der Waals surface area (Å²) in [5, 5.41) is 3.91. The van der Waals surface area contributed by atoms with Crippen molar-refractivity contribution in [1.29, 1.82) is 0 Å². The van der Waals surface area contributed by atoms with E-state index in [1.165, 1.54) is 5.69 Å². The molecule has 2 aromatic rings. The molecule has 3 rings (SSSR count). The number of aromatic nitrogens is 1. The third kappa shape index (κ3) is 2.90. The first-order valence-electron chi connectivity index (χ1n) is 6.66. The summed E-state index contributed by atoms with van der Waals surface area (Å²) in [6.45, 7) is 4.43. The zero-order valence-electron chi connectivity index (χ0n) is 11.1. The van der Waals surface area contributed by atoms with Crippen molar-refractivity contribution in [2.24, 2.45) is 5.73 Å². The van der Waals surface area contributed by atoms with Gasteiger partial charge >= 0.3 is 0 Å². The van der Waals surface area contributed by atoms with Gasteiger partial charge < -0.3 is 15.5 Å². The number of hydrogen-bond donors (Lipinski definition) is 1. The van der Waals surface area contributed by atoms with E-state index >= 15 is 0 Å². The maximum absolute atomic E-state index is 6.05. The minimum atomic E-state index is 0.513. The van der Waals surface area contributed by atoms with Crippen molar-refractivity contribution in [3.05, 3.63) is 40.4 Å². The Morgan fingerprint density at radius 1 is 1.20 bits per heavy atom. The summed E-state index contributed by atoms with van der Waals surface area (Å²) in [5.74, 6) is 0. The number of nitrogens with zero attached hydrogens (tertiary/aromatic N) is 3. The molecule has 0 atom stereocenters. The fourth-order valence-corrected chi connectivity index (χ4v) is 3.44. The molecule has 1 aliphatic heterocycles. The first-order valence-corrected chi connectivity index (χ1v) is 7.92. The Balaban J connectivity index is 1.64. The van der Waals surface area contributed by atoms with Crippen LogP contribution in [0.25, 0.3) is 0 Å². The Hall–Kier alpha value is -1.30. The Morgan fingerprint density at radius 3 is 2.60 bits per heavy atom. The fraction of sp³-hybridized carbons (Fsp3) is 0.357. The lowest BCUT2D eigenvalue weighted by molar-refractivity contribution is 0.651. The van der Waals surface area contributed by atoms with Crippen LogP contribution in [0.5, 0.6) is 0 Å². The van der Waals surface area contributed by atoms with Gasteiger partial charge in [-0.2, -0.15) is 0 Å². The lowest BCUT2D eigenvalue weighted by atomic mass is 10.2. The van der Waals surface area contributed by atoms with Crippen LogP contribution in [0.2, 0.25) is 5.02 Å². The van der Waals surface area contributed by atoms with Crippen LogP contribution in [0.15, 0.2) is 29.6 Å². The van der Waals surface area contributed by atoms with Crippen molar-refractivity contribution >= 4 is 33.8 Å². The molecule has 0 amide bonds. The predicted octanol–water partition coefficient (Wildman–Crippen LogP) is 2.58. The molecule has 6 heteroatoms. The normalized spacial score (nSPS) is 15.7. The van der Waals surface area contributed by atoms with E-state index in [0.717, 1.165) is 42.0 Å². The smallest absolute Gasteiger partial charge is 0.185 e. The van der Waals surface area contributed by atoms with E-state index < -0.39 is 0 Å². The van der Waals surface area contributed by atoms with E-state index in [4.69, 9.17) is 17.3 Å². The number of hydrogen-bond acceptors (Lipinski definition) is 5. The fourth-order valence-electron chi connectivity index (χ4n) is 2.36. The highest BCUT2D eigenvalue weighted by Gasteiger charge is 2.19. The molecule has 4 nitrogen and oxygen atoms in total. The van der Waals surface area contributed by atoms with E-state index in [2.05, 4.69) is 20.9 Å². The molecule has 0 bridgehead atoms. The van der Waals surface area contributed by atoms with E-state index in [-0.39, 0.29) is 0 Å². The van der Waals surface area contributed by atoms with Crippen molar-refractivity contribution in [1.82, 2.24) is 4.98 Å². The van der Waals surface area contributed by atoms with Gasteiger partial charge in [-0.05, 0) is 18.2 Å². The van der Waals surface area contributed by atoms with Gasteiger partial charge in [-0.1, -0.05) is 17.7 Å². The highest BCUT2D eigenvalue weighted by atomic mass is 35.5. The molecule has 2 heterocycles. The van der Waals surface area contributed by atoms with E-state index in [0.29, 0.717) is 6.54 Å². The van der Waals surface area contributed by atoms with Crippen LogP contribution in [0.4, 0.5) is 10.8 Å². The minimum Gasteiger partial charge on any atom is -0.368 e. The van der Waals surface area contributed by atoms with Gasteiger partial charge in [0.25, 0.3) is 0 Å². The van der Waals surface area contributed by atoms with E-state index in [1.54, 1.807) is 11.3 Å². The molecule has 1 saturated heterocycles. The van der Waals surface area contributed by atoms with Gasteiger partial charge in [0, 0.05) is 48.8 Å². The van der Waals surface area contributed by atoms with Crippen LogP contribution in [0.1, 0.15) is 5.69 Å². The second-order valence-corrected chi connectivity index (χ2v) is 6.05. The highest BCUT2D eigenvalue weighted by Crippen LogP contribution is 2.25. The summed E-state index contributed by atoms with van der Waals surface area (Å²) in [6, 6.07) is 8.04. The van der Waals surface area contributed by atoms with Crippen LogP contribution in [0.3, 0.4) is 0 Å². The summed E-state index contributed by atoms with van der Waals surface area (Å²) >= 11 is 7.73. The topological polar surface area (TPSA) is 45.4 Å². The van der Waals surface area contributed by atoms with Crippen LogP contribution >= 0.6 is 22.9 Å². The molecule has 0 spiro atoms. The van der Waals surface area contributed by atoms with E-state index in [1.807, 2.05) is 23.6 Å². The summed E-state index contributed by atoms with van der Waals surface area (Å²) in [5.41, 5.74) is 7.78. The largest absolute Gasteiger partial charge is 0.368 e. The number of nitrogens with two attached hydrogens (primary N) is 1. The molecule has 20 heavy (non-hydrogen) atoms. The minimum absolute atomic E-state index is 0.513. The van der Waals surface area contributed by atoms with Crippen LogP contribution in [-0.2, 0) is 6.54 Å². The van der Waals surface area contributed by atoms with Crippen molar-refractivity contribution in [2.45, 2.75) is 6.54 Å². The number of piperazine rings is 1. The summed E-state index contributed by atoms with van der Waals surface area (Å²) in [7, 11) is 0. The third-order valence-corrected chi connectivity index (χ3v) is 4.66. The second-order valence-electron chi connectivity index (χ2n) is 4.78. The van der Waals surface area contributed by atoms with Crippen molar-refractivity contribution < 1.29 is 0 Å². The first kappa shape index (κ1) is 13.7. The zero-order chi connectivity index (χ0) is 13.9. The lowest BCUT2D eigenvalue weighted by Crippen LogP contribution is -2.46. The maximum atomic E-state index is 6.05. The standard InChI is InChI=1S/C14H17ClN4S/c15-11-2-1-3-13(8-11)18-4-6-19(7-5-18)14-17-12(9-16)10-20-14/h1-3,8,10H,4-7,9,16H2. The number of thiazole rings is 1. The van der Waals surface area contributed by atoms with Gasteiger partial charge in [-0.15, -0.1) is 11.3 Å². The predicted molar refractivity (Wildman–Crippen MR) is 85.9 cm³/mol. The van der Waals surface area contributed by atoms with Gasteiger partial charge in [0.1, 0.15) is 0 Å². The maximum Gasteiger partial charge on any atom is 0.185 e. The molecule has 1 aromatic heterocycles. The molecule has 1 aliphatic rings. The monoisotopic (exact) mass is 308 g/mol. The van der Waals surface area contributed by atoms with Crippen molar-refractivity contribution in [2.75, 3.05) is 36.0 Å². The Kier molecular flexibility index (Phi) is 4.10. The van der Waals surface area contributed by atoms with Gasteiger partial charge in [-0.25, -0.2) is 4.98 Å². The molecule has 0 saturated carbocycles. The molecular formula is C14H17ClN4S. The highest BCUT2D eigenvalue weighted by molar-refractivity contribution is 7.13. The Labute approximate surface area is 127 Å². The quantitative estimate of drug-likeness (QED) is 0.946. The van der Waals surface area contributed by atoms with E-state index in [9.17, 15) is 0 Å². The van der Waals surface area contributed by atoms with Gasteiger partial charge in [-0.3, -0.25) is 0 Å². The second kappa shape index (κ2) is 5.99. The average Bonchev–Trinajstić information content (AvgIpc) is 2.96. The molecule has 1 fully saturated rings. The van der Waals surface area contributed by atoms with Crippen LogP contribution < -0.4 is 15.5 Å². The molecule has 0 aliphatic carbocycles. The van der Waals surface area contributed by atoms with Crippen LogP contribution in [0, 0.1) is 0 Å². The van der Waals surface area contributed by atoms with Gasteiger partial charge in [0.15, 0.2) is 5.13 Å². The zero-order valence-corrected chi connectivity index (χ0v) is 12.7. The lowest BCUT2D eigenvalue weighted by Gasteiger charge is -2.36. The molecule has 0 radical (unpaired) electrons. The van der Waals surface area contributed by atoms with Crippen molar-refractivity contribution in [3.8, 4) is 0 Å². The Morgan fingerprint density at radius 2 is 1.95 bits per heavy atom. The SMILES string of the molecule is NCc1csc(N2CCN(c3cccc(Cl)c3)CC2)n1. The summed E-state index contributed by atoms with van der Waals surface area (Å²) in [4.78, 5) is 9.23. The first-order chi connectivity index (χ1) is 9.76. The van der Waals surface area contributed by atoms with Gasteiger partial charge in [0.05, 0.1) is 5.69 Å². The molecular weight excluding hydrogens is 292 g/mol. The molecule has 0 unspecified atom stereocenters. The summed E-state index contributed by atoms with van der Waals surface area (Å²) in [6.07, 6.45) is 0. The Bertz CT molecular complexity index is 578. The molecule has 1 aromatic carbocycles. The number of benzene rings is 1. The van der Waals surface area contributed by atoms with Crippen LogP contribution in [-0.4, -0.2) is 31.2 Å². The average molecular weight is 309 g/mol. The number of anilines is 2. The number of halogens is 1. The summed E-state index contributed by atoms with van der Waals surface area (Å²) < 4.78 is 0. The van der Waals surface area contributed by atoms with Crippen molar-refractivity contribution in [3.63, 3.8) is 0 Å². The molecule has 2 N–H and O–H groups in total. The number of rotatable bonds is 3. The van der Waals surface area contributed by atoms with Gasteiger partial charge in [0.2, 0.25) is 0 Å².